The summed E-state index contributed by atoms with van der Waals surface area (Å²) in [7, 11) is 0. The second-order valence-electron chi connectivity index (χ2n) is 4.89. The van der Waals surface area contributed by atoms with E-state index in [0.717, 1.165) is 30.4 Å². The van der Waals surface area contributed by atoms with Crippen LogP contribution in [-0.4, -0.2) is 42.4 Å². The molecule has 6 heteroatoms. The van der Waals surface area contributed by atoms with Gasteiger partial charge in [-0.25, -0.2) is 0 Å². The van der Waals surface area contributed by atoms with E-state index in [1.165, 1.54) is 0 Å². The number of halogens is 1. The molecule has 0 unspecified atom stereocenters. The number of hydrogen-bond donors (Lipinski definition) is 2. The molecule has 0 radical (unpaired) electrons. The van der Waals surface area contributed by atoms with Crippen LogP contribution < -0.4 is 11.1 Å². The molecule has 2 rings (SSSR count). The van der Waals surface area contributed by atoms with E-state index in [4.69, 9.17) is 5.73 Å². The Hall–Kier alpha value is -1.40. The van der Waals surface area contributed by atoms with E-state index >= 15 is 0 Å². The monoisotopic (exact) mass is 339 g/mol. The number of rotatable bonds is 4. The molecule has 0 bridgehead atoms. The summed E-state index contributed by atoms with van der Waals surface area (Å²) in [5, 5.41) is 3.25. The van der Waals surface area contributed by atoms with E-state index in [2.05, 4.69) is 21.2 Å². The van der Waals surface area contributed by atoms with Crippen molar-refractivity contribution >= 4 is 27.7 Å². The van der Waals surface area contributed by atoms with E-state index in [-0.39, 0.29) is 18.5 Å². The van der Waals surface area contributed by atoms with Crippen LogP contribution in [0.1, 0.15) is 23.2 Å². The highest BCUT2D eigenvalue weighted by Crippen LogP contribution is 2.18. The third-order valence-electron chi connectivity index (χ3n) is 3.41. The Kier molecular flexibility index (Phi) is 5.14. The number of benzene rings is 1. The molecule has 20 heavy (non-hydrogen) atoms. The zero-order valence-corrected chi connectivity index (χ0v) is 12.7. The van der Waals surface area contributed by atoms with Crippen LogP contribution >= 0.6 is 15.9 Å². The second kappa shape index (κ2) is 6.85. The maximum absolute atomic E-state index is 12.6. The summed E-state index contributed by atoms with van der Waals surface area (Å²) in [5.41, 5.74) is 5.86. The number of nitrogens with one attached hydrogen (secondary N) is 1. The molecule has 2 amide bonds. The third kappa shape index (κ3) is 3.80. The maximum Gasteiger partial charge on any atom is 0.254 e. The van der Waals surface area contributed by atoms with E-state index in [1.54, 1.807) is 17.0 Å². The second-order valence-corrected chi connectivity index (χ2v) is 5.81. The number of primary amides is 1. The van der Waals surface area contributed by atoms with Gasteiger partial charge in [0.1, 0.15) is 0 Å². The molecular formula is C14H18BrN3O2. The van der Waals surface area contributed by atoms with E-state index in [0.29, 0.717) is 5.56 Å². The van der Waals surface area contributed by atoms with Crippen LogP contribution in [-0.2, 0) is 4.79 Å². The number of nitrogens with zero attached hydrogens (tertiary/aromatic N) is 1. The number of nitrogens with two attached hydrogens (primary N) is 1. The minimum atomic E-state index is -0.480. The highest BCUT2D eigenvalue weighted by molar-refractivity contribution is 9.10. The van der Waals surface area contributed by atoms with E-state index < -0.39 is 5.91 Å². The molecule has 0 spiro atoms. The first kappa shape index (κ1) is 15.0. The first-order valence-corrected chi connectivity index (χ1v) is 7.43. The molecule has 1 aromatic carbocycles. The van der Waals surface area contributed by atoms with Crippen LogP contribution in [0.5, 0.6) is 0 Å². The van der Waals surface area contributed by atoms with Gasteiger partial charge < -0.3 is 16.0 Å². The molecule has 0 atom stereocenters. The molecule has 0 aliphatic carbocycles. The van der Waals surface area contributed by atoms with E-state index in [9.17, 15) is 9.59 Å². The summed E-state index contributed by atoms with van der Waals surface area (Å²) in [6.45, 7) is 1.67. The molecule has 0 saturated carbocycles. The molecule has 1 aliphatic heterocycles. The fourth-order valence-electron chi connectivity index (χ4n) is 2.44. The van der Waals surface area contributed by atoms with Gasteiger partial charge >= 0.3 is 0 Å². The third-order valence-corrected chi connectivity index (χ3v) is 3.90. The van der Waals surface area contributed by atoms with E-state index in [1.807, 2.05) is 12.1 Å². The first-order valence-electron chi connectivity index (χ1n) is 6.63. The molecule has 0 aromatic heterocycles. The van der Waals surface area contributed by atoms with Gasteiger partial charge in [-0.3, -0.25) is 9.59 Å². The highest BCUT2D eigenvalue weighted by atomic mass is 79.9. The number of carbonyl (C=O) groups excluding carboxylic acids is 2. The number of hydrogen-bond acceptors (Lipinski definition) is 3. The Morgan fingerprint density at radius 3 is 2.65 bits per heavy atom. The Morgan fingerprint density at radius 1 is 1.35 bits per heavy atom. The van der Waals surface area contributed by atoms with Crippen molar-refractivity contribution in [1.82, 2.24) is 10.2 Å². The Balaban J connectivity index is 2.20. The Labute approximate surface area is 126 Å². The SMILES string of the molecule is NC(=O)CN(C(=O)c1cccc(Br)c1)C1CCNCC1. The minimum Gasteiger partial charge on any atom is -0.368 e. The summed E-state index contributed by atoms with van der Waals surface area (Å²) in [4.78, 5) is 25.5. The molecule has 1 aromatic rings. The maximum atomic E-state index is 12.6. The van der Waals surface area contributed by atoms with Gasteiger partial charge in [-0.1, -0.05) is 22.0 Å². The van der Waals surface area contributed by atoms with Crippen LogP contribution in [0.3, 0.4) is 0 Å². The molecular weight excluding hydrogens is 322 g/mol. The van der Waals surface area contributed by atoms with Gasteiger partial charge in [0.2, 0.25) is 5.91 Å². The lowest BCUT2D eigenvalue weighted by Gasteiger charge is -2.34. The predicted octanol–water partition coefficient (Wildman–Crippen LogP) is 1.13. The van der Waals surface area contributed by atoms with Crippen molar-refractivity contribution in [3.8, 4) is 0 Å². The van der Waals surface area contributed by atoms with Crippen molar-refractivity contribution in [1.29, 1.82) is 0 Å². The zero-order chi connectivity index (χ0) is 14.5. The largest absolute Gasteiger partial charge is 0.368 e. The van der Waals surface area contributed by atoms with Gasteiger partial charge in [0.05, 0.1) is 6.54 Å². The Morgan fingerprint density at radius 2 is 2.05 bits per heavy atom. The summed E-state index contributed by atoms with van der Waals surface area (Å²) in [6, 6.07) is 7.25. The van der Waals surface area contributed by atoms with Gasteiger partial charge in [0.15, 0.2) is 0 Å². The summed E-state index contributed by atoms with van der Waals surface area (Å²) < 4.78 is 0.840. The molecule has 5 nitrogen and oxygen atoms in total. The predicted molar refractivity (Wildman–Crippen MR) is 80.3 cm³/mol. The summed E-state index contributed by atoms with van der Waals surface area (Å²) in [5.74, 6) is -0.621. The molecule has 108 valence electrons. The van der Waals surface area contributed by atoms with Crippen molar-refractivity contribution in [3.63, 3.8) is 0 Å². The van der Waals surface area contributed by atoms with Crippen molar-refractivity contribution in [3.05, 3.63) is 34.3 Å². The smallest absolute Gasteiger partial charge is 0.254 e. The lowest BCUT2D eigenvalue weighted by molar-refractivity contribution is -0.119. The first-order chi connectivity index (χ1) is 9.58. The number of carbonyl (C=O) groups is 2. The summed E-state index contributed by atoms with van der Waals surface area (Å²) in [6.07, 6.45) is 1.68. The van der Waals surface area contributed by atoms with Crippen LogP contribution in [0.25, 0.3) is 0 Å². The molecule has 3 N–H and O–H groups in total. The van der Waals surface area contributed by atoms with Gasteiger partial charge in [0.25, 0.3) is 5.91 Å². The average molecular weight is 340 g/mol. The number of amides is 2. The van der Waals surface area contributed by atoms with Crippen LogP contribution in [0.4, 0.5) is 0 Å². The Bertz CT molecular complexity index is 501. The highest BCUT2D eigenvalue weighted by Gasteiger charge is 2.27. The summed E-state index contributed by atoms with van der Waals surface area (Å²) >= 11 is 3.35. The van der Waals surface area contributed by atoms with Crippen LogP contribution in [0.15, 0.2) is 28.7 Å². The van der Waals surface area contributed by atoms with Gasteiger partial charge in [-0.05, 0) is 44.1 Å². The van der Waals surface area contributed by atoms with Crippen molar-refractivity contribution in [2.24, 2.45) is 5.73 Å². The van der Waals surface area contributed by atoms with Gasteiger partial charge in [-0.15, -0.1) is 0 Å². The van der Waals surface area contributed by atoms with Crippen molar-refractivity contribution in [2.75, 3.05) is 19.6 Å². The molecule has 1 aliphatic rings. The van der Waals surface area contributed by atoms with Crippen molar-refractivity contribution in [2.45, 2.75) is 18.9 Å². The fraction of sp³-hybridized carbons (Fsp3) is 0.429. The lowest BCUT2D eigenvalue weighted by Crippen LogP contribution is -2.49. The molecule has 1 fully saturated rings. The van der Waals surface area contributed by atoms with Crippen molar-refractivity contribution < 1.29 is 9.59 Å². The van der Waals surface area contributed by atoms with Gasteiger partial charge in [0, 0.05) is 16.1 Å². The molecule has 1 heterocycles. The fourth-order valence-corrected chi connectivity index (χ4v) is 2.84. The average Bonchev–Trinajstić information content (AvgIpc) is 2.45. The standard InChI is InChI=1S/C14H18BrN3O2/c15-11-3-1-2-10(8-11)14(20)18(9-13(16)19)12-4-6-17-7-5-12/h1-3,8,12,17H,4-7,9H2,(H2,16,19). The minimum absolute atomic E-state index is 0.0317. The zero-order valence-electron chi connectivity index (χ0n) is 11.1. The molecule has 1 saturated heterocycles. The quantitative estimate of drug-likeness (QED) is 0.863. The van der Waals surface area contributed by atoms with Crippen LogP contribution in [0.2, 0.25) is 0 Å². The topological polar surface area (TPSA) is 75.4 Å². The normalized spacial score (nSPS) is 15.8. The van der Waals surface area contributed by atoms with Gasteiger partial charge in [-0.2, -0.15) is 0 Å². The van der Waals surface area contributed by atoms with Crippen LogP contribution in [0, 0.1) is 0 Å². The lowest BCUT2D eigenvalue weighted by atomic mass is 10.0. The number of piperidine rings is 1.